The van der Waals surface area contributed by atoms with Gasteiger partial charge >= 0.3 is 0 Å². The van der Waals surface area contributed by atoms with Crippen molar-refractivity contribution in [2.24, 2.45) is 0 Å². The molecule has 6 nitrogen and oxygen atoms in total. The molecule has 1 atom stereocenters. The maximum atomic E-state index is 13.1. The predicted octanol–water partition coefficient (Wildman–Crippen LogP) is 6.40. The van der Waals surface area contributed by atoms with E-state index in [2.05, 4.69) is 22.4 Å². The van der Waals surface area contributed by atoms with Gasteiger partial charge in [-0.1, -0.05) is 97.7 Å². The zero-order chi connectivity index (χ0) is 24.3. The zero-order valence-electron chi connectivity index (χ0n) is 20.3. The molecule has 0 saturated carbocycles. The van der Waals surface area contributed by atoms with Gasteiger partial charge in [-0.2, -0.15) is 0 Å². The van der Waals surface area contributed by atoms with Crippen molar-refractivity contribution in [1.29, 1.82) is 0 Å². The second-order valence-corrected chi connectivity index (χ2v) is 9.54. The number of rotatable bonds is 12. The lowest BCUT2D eigenvalue weighted by atomic mass is 10.1. The number of carbonyl (C=O) groups excluding carboxylic acids is 2. The van der Waals surface area contributed by atoms with Crippen LogP contribution < -0.4 is 5.32 Å². The van der Waals surface area contributed by atoms with Crippen molar-refractivity contribution in [2.75, 3.05) is 11.9 Å². The van der Waals surface area contributed by atoms with E-state index >= 15 is 0 Å². The molecule has 0 radical (unpaired) electrons. The van der Waals surface area contributed by atoms with Crippen LogP contribution >= 0.6 is 11.3 Å². The highest BCUT2D eigenvalue weighted by atomic mass is 32.1. The van der Waals surface area contributed by atoms with Crippen molar-refractivity contribution < 1.29 is 9.59 Å². The number of amides is 2. The third-order valence-electron chi connectivity index (χ3n) is 5.86. The topological polar surface area (TPSA) is 75.2 Å². The lowest BCUT2D eigenvalue weighted by molar-refractivity contribution is -0.134. The van der Waals surface area contributed by atoms with E-state index in [1.54, 1.807) is 0 Å². The molecule has 2 amide bonds. The van der Waals surface area contributed by atoms with E-state index < -0.39 is 0 Å². The third kappa shape index (κ3) is 7.48. The van der Waals surface area contributed by atoms with Gasteiger partial charge in [0.15, 0.2) is 0 Å². The molecule has 34 heavy (non-hydrogen) atoms. The van der Waals surface area contributed by atoms with Crippen LogP contribution in [0.3, 0.4) is 0 Å². The fraction of sp³-hybridized carbons (Fsp3) is 0.407. The Morgan fingerprint density at radius 2 is 1.71 bits per heavy atom. The van der Waals surface area contributed by atoms with Gasteiger partial charge in [-0.3, -0.25) is 9.59 Å². The van der Waals surface area contributed by atoms with Crippen LogP contribution in [0, 0.1) is 6.92 Å². The monoisotopic (exact) mass is 478 g/mol. The molecular formula is C27H34N4O2S. The zero-order valence-corrected chi connectivity index (χ0v) is 21.1. The quantitative estimate of drug-likeness (QED) is 0.306. The fourth-order valence-electron chi connectivity index (χ4n) is 3.78. The van der Waals surface area contributed by atoms with Crippen LogP contribution in [-0.2, 0) is 9.59 Å². The molecule has 0 aliphatic heterocycles. The van der Waals surface area contributed by atoms with Gasteiger partial charge < -0.3 is 10.2 Å². The largest absolute Gasteiger partial charge is 0.335 e. The second kappa shape index (κ2) is 13.0. The average molecular weight is 479 g/mol. The van der Waals surface area contributed by atoms with E-state index in [0.717, 1.165) is 41.8 Å². The average Bonchev–Trinajstić information content (AvgIpc) is 3.31. The van der Waals surface area contributed by atoms with Crippen molar-refractivity contribution in [3.05, 3.63) is 65.7 Å². The van der Waals surface area contributed by atoms with Crippen LogP contribution in [0.1, 0.15) is 69.5 Å². The molecular weight excluding hydrogens is 444 g/mol. The summed E-state index contributed by atoms with van der Waals surface area (Å²) in [6.07, 6.45) is 4.92. The van der Waals surface area contributed by atoms with E-state index in [-0.39, 0.29) is 24.3 Å². The molecule has 2 aromatic carbocycles. The Kier molecular flexibility index (Phi) is 9.76. The number of hydrogen-bond donors (Lipinski definition) is 1. The highest BCUT2D eigenvalue weighted by Gasteiger charge is 2.22. The van der Waals surface area contributed by atoms with Crippen LogP contribution in [0.25, 0.3) is 10.6 Å². The SMILES string of the molecule is CCCCCCC(=O)N(CCC(=O)Nc1nnc(-c2ccc(C)cc2)s1)C(C)c1ccccc1. The first-order valence-electron chi connectivity index (χ1n) is 12.0. The van der Waals surface area contributed by atoms with Crippen LogP contribution in [0.4, 0.5) is 5.13 Å². The molecule has 0 saturated heterocycles. The summed E-state index contributed by atoms with van der Waals surface area (Å²) >= 11 is 1.34. The Morgan fingerprint density at radius 1 is 0.971 bits per heavy atom. The van der Waals surface area contributed by atoms with Crippen LogP contribution in [0.2, 0.25) is 0 Å². The number of aryl methyl sites for hydroxylation is 1. The second-order valence-electron chi connectivity index (χ2n) is 8.56. The molecule has 7 heteroatoms. The van der Waals surface area contributed by atoms with Gasteiger partial charge in [0.2, 0.25) is 16.9 Å². The van der Waals surface area contributed by atoms with E-state index in [1.807, 2.05) is 73.3 Å². The number of unbranched alkanes of at least 4 members (excludes halogenated alkanes) is 3. The Hall–Kier alpha value is -3.06. The van der Waals surface area contributed by atoms with Crippen molar-refractivity contribution >= 4 is 28.3 Å². The van der Waals surface area contributed by atoms with Crippen molar-refractivity contribution in [3.8, 4) is 10.6 Å². The molecule has 1 unspecified atom stereocenters. The van der Waals surface area contributed by atoms with Crippen LogP contribution in [0.5, 0.6) is 0 Å². The van der Waals surface area contributed by atoms with Crippen molar-refractivity contribution in [1.82, 2.24) is 15.1 Å². The van der Waals surface area contributed by atoms with E-state index in [0.29, 0.717) is 18.1 Å². The molecule has 0 aliphatic rings. The fourth-order valence-corrected chi connectivity index (χ4v) is 4.55. The first-order chi connectivity index (χ1) is 16.5. The summed E-state index contributed by atoms with van der Waals surface area (Å²) in [7, 11) is 0. The maximum absolute atomic E-state index is 13.1. The van der Waals surface area contributed by atoms with E-state index in [1.165, 1.54) is 16.9 Å². The lowest BCUT2D eigenvalue weighted by Gasteiger charge is -2.29. The number of benzene rings is 2. The molecule has 3 rings (SSSR count). The molecule has 180 valence electrons. The molecule has 1 N–H and O–H groups in total. The molecule has 3 aromatic rings. The van der Waals surface area contributed by atoms with Gasteiger partial charge in [0.1, 0.15) is 5.01 Å². The number of nitrogens with zero attached hydrogens (tertiary/aromatic N) is 3. The molecule has 0 spiro atoms. The van der Waals surface area contributed by atoms with Crippen LogP contribution in [0.15, 0.2) is 54.6 Å². The summed E-state index contributed by atoms with van der Waals surface area (Å²) in [4.78, 5) is 27.6. The van der Waals surface area contributed by atoms with Gasteiger partial charge in [-0.25, -0.2) is 0 Å². The first kappa shape index (κ1) is 25.6. The minimum atomic E-state index is -0.171. The summed E-state index contributed by atoms with van der Waals surface area (Å²) in [5.74, 6) is -0.0755. The minimum Gasteiger partial charge on any atom is -0.335 e. The van der Waals surface area contributed by atoms with Gasteiger partial charge in [0.25, 0.3) is 0 Å². The predicted molar refractivity (Wildman–Crippen MR) is 139 cm³/mol. The third-order valence-corrected chi connectivity index (χ3v) is 6.75. The standard InChI is InChI=1S/C27H34N4O2S/c1-4-5-6-10-13-25(33)31(21(3)22-11-8-7-9-12-22)19-18-24(32)28-27-30-29-26(34-27)23-16-14-20(2)15-17-23/h7-9,11-12,14-17,21H,4-6,10,13,18-19H2,1-3H3,(H,28,30,32). The minimum absolute atomic E-state index is 0.0951. The Balaban J connectivity index is 1.60. The first-order valence-corrected chi connectivity index (χ1v) is 12.8. The summed E-state index contributed by atoms with van der Waals surface area (Å²) in [5, 5.41) is 12.4. The summed E-state index contributed by atoms with van der Waals surface area (Å²) in [6.45, 7) is 6.58. The number of anilines is 1. The molecule has 1 heterocycles. The maximum Gasteiger partial charge on any atom is 0.227 e. The molecule has 1 aromatic heterocycles. The molecule has 0 aliphatic carbocycles. The number of hydrogen-bond acceptors (Lipinski definition) is 5. The van der Waals surface area contributed by atoms with Gasteiger partial charge in [0.05, 0.1) is 6.04 Å². The number of carbonyl (C=O) groups is 2. The highest BCUT2D eigenvalue weighted by Crippen LogP contribution is 2.27. The normalized spacial score (nSPS) is 11.7. The van der Waals surface area contributed by atoms with E-state index in [4.69, 9.17) is 0 Å². The van der Waals surface area contributed by atoms with E-state index in [9.17, 15) is 9.59 Å². The highest BCUT2D eigenvalue weighted by molar-refractivity contribution is 7.18. The molecule has 0 fully saturated rings. The Labute approximate surface area is 206 Å². The summed E-state index contributed by atoms with van der Waals surface area (Å²) < 4.78 is 0. The smallest absolute Gasteiger partial charge is 0.227 e. The van der Waals surface area contributed by atoms with Gasteiger partial charge in [-0.05, 0) is 25.8 Å². The molecule has 0 bridgehead atoms. The van der Waals surface area contributed by atoms with Crippen molar-refractivity contribution in [3.63, 3.8) is 0 Å². The van der Waals surface area contributed by atoms with Crippen LogP contribution in [-0.4, -0.2) is 33.5 Å². The summed E-state index contributed by atoms with van der Waals surface area (Å²) in [5.41, 5.74) is 3.22. The number of aromatic nitrogens is 2. The summed E-state index contributed by atoms with van der Waals surface area (Å²) in [6, 6.07) is 17.9. The number of nitrogens with one attached hydrogen (secondary N) is 1. The van der Waals surface area contributed by atoms with Gasteiger partial charge in [0, 0.05) is 24.9 Å². The van der Waals surface area contributed by atoms with Gasteiger partial charge in [-0.15, -0.1) is 10.2 Å². The Morgan fingerprint density at radius 3 is 2.41 bits per heavy atom. The van der Waals surface area contributed by atoms with Crippen molar-refractivity contribution in [2.45, 2.75) is 65.3 Å². The Bertz CT molecular complexity index is 1050. The lowest BCUT2D eigenvalue weighted by Crippen LogP contribution is -2.36.